The van der Waals surface area contributed by atoms with E-state index in [2.05, 4.69) is 0 Å². The zero-order valence-corrected chi connectivity index (χ0v) is 14.2. The number of carboxylic acid groups (broad SMARTS) is 1. The van der Waals surface area contributed by atoms with E-state index in [4.69, 9.17) is 4.74 Å². The van der Waals surface area contributed by atoms with Gasteiger partial charge >= 0.3 is 5.97 Å². The van der Waals surface area contributed by atoms with Gasteiger partial charge in [-0.2, -0.15) is 0 Å². The van der Waals surface area contributed by atoms with Crippen molar-refractivity contribution < 1.29 is 23.8 Å². The second-order valence-corrected chi connectivity index (χ2v) is 7.16. The van der Waals surface area contributed by atoms with Crippen molar-refractivity contribution >= 4 is 11.9 Å². The number of carbonyl (C=O) groups excluding carboxylic acids is 1. The third-order valence-corrected chi connectivity index (χ3v) is 5.32. The highest BCUT2D eigenvalue weighted by Gasteiger charge is 2.46. The summed E-state index contributed by atoms with van der Waals surface area (Å²) in [4.78, 5) is 26.0. The summed E-state index contributed by atoms with van der Waals surface area (Å²) in [6.45, 7) is 1.38. The number of rotatable bonds is 7. The average molecular weight is 349 g/mol. The van der Waals surface area contributed by atoms with Crippen molar-refractivity contribution in [1.29, 1.82) is 0 Å². The molecule has 1 amide bonds. The number of halogens is 1. The van der Waals surface area contributed by atoms with Crippen LogP contribution in [0.5, 0.6) is 0 Å². The fourth-order valence-electron chi connectivity index (χ4n) is 3.62. The molecule has 1 aliphatic carbocycles. The molecular weight excluding hydrogens is 325 g/mol. The van der Waals surface area contributed by atoms with Crippen molar-refractivity contribution in [3.8, 4) is 0 Å². The van der Waals surface area contributed by atoms with E-state index in [1.165, 1.54) is 12.1 Å². The summed E-state index contributed by atoms with van der Waals surface area (Å²) in [5.74, 6) is -1.43. The molecule has 0 bridgehead atoms. The predicted octanol–water partition coefficient (Wildman–Crippen LogP) is 2.98. The zero-order chi connectivity index (χ0) is 17.9. The number of nitrogens with zero attached hydrogens (tertiary/aromatic N) is 1. The van der Waals surface area contributed by atoms with Gasteiger partial charge in [-0.05, 0) is 43.4 Å². The van der Waals surface area contributed by atoms with Crippen LogP contribution in [0.2, 0.25) is 0 Å². The average Bonchev–Trinajstić information content (AvgIpc) is 3.03. The van der Waals surface area contributed by atoms with E-state index in [9.17, 15) is 19.1 Å². The smallest absolute Gasteiger partial charge is 0.310 e. The van der Waals surface area contributed by atoms with Crippen LogP contribution >= 0.6 is 0 Å². The minimum absolute atomic E-state index is 0.00433. The number of amides is 1. The molecule has 6 heteroatoms. The molecule has 136 valence electrons. The Morgan fingerprint density at radius 2 is 2.12 bits per heavy atom. The van der Waals surface area contributed by atoms with E-state index in [0.717, 1.165) is 19.3 Å². The summed E-state index contributed by atoms with van der Waals surface area (Å²) >= 11 is 0. The van der Waals surface area contributed by atoms with Gasteiger partial charge in [0.25, 0.3) is 0 Å². The van der Waals surface area contributed by atoms with Gasteiger partial charge in [0.05, 0.1) is 11.5 Å². The van der Waals surface area contributed by atoms with Crippen LogP contribution in [0.4, 0.5) is 4.39 Å². The first kappa shape index (κ1) is 17.9. The fraction of sp³-hybridized carbons (Fsp3) is 0.579. The molecule has 0 aromatic heterocycles. The second-order valence-electron chi connectivity index (χ2n) is 7.16. The van der Waals surface area contributed by atoms with Gasteiger partial charge in [-0.3, -0.25) is 9.59 Å². The number of carboxylic acids is 1. The Labute approximate surface area is 146 Å². The van der Waals surface area contributed by atoms with E-state index < -0.39 is 11.4 Å². The van der Waals surface area contributed by atoms with Crippen LogP contribution in [-0.2, 0) is 20.9 Å². The van der Waals surface area contributed by atoms with Gasteiger partial charge in [-0.25, -0.2) is 4.39 Å². The summed E-state index contributed by atoms with van der Waals surface area (Å²) < 4.78 is 19.1. The lowest BCUT2D eigenvalue weighted by atomic mass is 9.66. The van der Waals surface area contributed by atoms with Crippen LogP contribution in [0.3, 0.4) is 0 Å². The standard InChI is InChI=1S/C19H24FNO4/c20-15-5-1-4-14(10-15)12-21(13-16-6-2-9-25-16)17(22)11-19(18(23)24)7-3-8-19/h1,4-5,10,16H,2-3,6-9,11-13H2,(H,23,24). The molecule has 1 aliphatic heterocycles. The number of hydrogen-bond donors (Lipinski definition) is 1. The van der Waals surface area contributed by atoms with Crippen LogP contribution in [0, 0.1) is 11.2 Å². The highest BCUT2D eigenvalue weighted by molar-refractivity contribution is 5.85. The summed E-state index contributed by atoms with van der Waals surface area (Å²) in [7, 11) is 0. The van der Waals surface area contributed by atoms with E-state index >= 15 is 0 Å². The van der Waals surface area contributed by atoms with E-state index in [1.54, 1.807) is 17.0 Å². The Balaban J connectivity index is 1.72. The number of aliphatic carboxylic acids is 1. The third kappa shape index (κ3) is 4.18. The van der Waals surface area contributed by atoms with Crippen molar-refractivity contribution in [1.82, 2.24) is 4.90 Å². The quantitative estimate of drug-likeness (QED) is 0.822. The second kappa shape index (κ2) is 7.52. The van der Waals surface area contributed by atoms with Gasteiger partial charge in [-0.1, -0.05) is 18.6 Å². The van der Waals surface area contributed by atoms with Crippen molar-refractivity contribution in [3.63, 3.8) is 0 Å². The summed E-state index contributed by atoms with van der Waals surface area (Å²) in [6.07, 6.45) is 3.76. The molecule has 5 nitrogen and oxygen atoms in total. The van der Waals surface area contributed by atoms with Gasteiger partial charge in [0, 0.05) is 26.1 Å². The van der Waals surface area contributed by atoms with Crippen molar-refractivity contribution in [2.24, 2.45) is 5.41 Å². The Hall–Kier alpha value is -1.95. The molecule has 1 N–H and O–H groups in total. The van der Waals surface area contributed by atoms with Crippen LogP contribution in [0.15, 0.2) is 24.3 Å². The van der Waals surface area contributed by atoms with Gasteiger partial charge in [0.2, 0.25) is 5.91 Å². The Kier molecular flexibility index (Phi) is 5.37. The normalized spacial score (nSPS) is 21.6. The Bertz CT molecular complexity index is 638. The lowest BCUT2D eigenvalue weighted by Gasteiger charge is -2.38. The molecular formula is C19H24FNO4. The van der Waals surface area contributed by atoms with Crippen LogP contribution in [0.1, 0.15) is 44.1 Å². The SMILES string of the molecule is O=C(CC1(C(=O)O)CCC1)N(Cc1cccc(F)c1)CC1CCCO1. The predicted molar refractivity (Wildman–Crippen MR) is 89.3 cm³/mol. The number of benzene rings is 1. The number of ether oxygens (including phenoxy) is 1. The maximum atomic E-state index is 13.5. The zero-order valence-electron chi connectivity index (χ0n) is 14.2. The van der Waals surface area contributed by atoms with Gasteiger partial charge in [0.1, 0.15) is 5.82 Å². The van der Waals surface area contributed by atoms with E-state index in [1.807, 2.05) is 0 Å². The molecule has 25 heavy (non-hydrogen) atoms. The van der Waals surface area contributed by atoms with Crippen molar-refractivity contribution in [2.75, 3.05) is 13.2 Å². The lowest BCUT2D eigenvalue weighted by Crippen LogP contribution is -2.45. The molecule has 1 saturated carbocycles. The topological polar surface area (TPSA) is 66.8 Å². The van der Waals surface area contributed by atoms with Crippen LogP contribution in [0.25, 0.3) is 0 Å². The third-order valence-electron chi connectivity index (χ3n) is 5.32. The molecule has 2 fully saturated rings. The first-order valence-electron chi connectivity index (χ1n) is 8.86. The molecule has 1 aromatic carbocycles. The van der Waals surface area contributed by atoms with Crippen molar-refractivity contribution in [3.05, 3.63) is 35.6 Å². The molecule has 1 atom stereocenters. The summed E-state index contributed by atoms with van der Waals surface area (Å²) in [6, 6.07) is 6.16. The first-order valence-corrected chi connectivity index (χ1v) is 8.86. The highest BCUT2D eigenvalue weighted by atomic mass is 19.1. The first-order chi connectivity index (χ1) is 12.0. The minimum atomic E-state index is -0.923. The van der Waals surface area contributed by atoms with Crippen molar-refractivity contribution in [2.45, 2.75) is 51.2 Å². The van der Waals surface area contributed by atoms with Gasteiger partial charge in [0.15, 0.2) is 0 Å². The minimum Gasteiger partial charge on any atom is -0.481 e. The lowest BCUT2D eigenvalue weighted by molar-refractivity contribution is -0.160. The molecule has 2 aliphatic rings. The maximum Gasteiger partial charge on any atom is 0.310 e. The number of hydrogen-bond acceptors (Lipinski definition) is 3. The monoisotopic (exact) mass is 349 g/mol. The molecule has 0 spiro atoms. The summed E-state index contributed by atoms with van der Waals surface area (Å²) in [5, 5.41) is 9.48. The van der Waals surface area contributed by atoms with Gasteiger partial charge in [-0.15, -0.1) is 0 Å². The molecule has 1 saturated heterocycles. The van der Waals surface area contributed by atoms with Crippen LogP contribution < -0.4 is 0 Å². The molecule has 3 rings (SSSR count). The maximum absolute atomic E-state index is 13.5. The van der Waals surface area contributed by atoms with E-state index in [0.29, 0.717) is 31.6 Å². The Morgan fingerprint density at radius 3 is 2.68 bits per heavy atom. The van der Waals surface area contributed by atoms with Gasteiger partial charge < -0.3 is 14.7 Å². The molecule has 0 radical (unpaired) electrons. The highest BCUT2D eigenvalue weighted by Crippen LogP contribution is 2.44. The largest absolute Gasteiger partial charge is 0.481 e. The Morgan fingerprint density at radius 1 is 1.32 bits per heavy atom. The summed E-state index contributed by atoms with van der Waals surface area (Å²) in [5.41, 5.74) is -0.224. The van der Waals surface area contributed by atoms with E-state index in [-0.39, 0.29) is 30.8 Å². The van der Waals surface area contributed by atoms with Crippen LogP contribution in [-0.4, -0.2) is 41.1 Å². The fourth-order valence-corrected chi connectivity index (χ4v) is 3.62. The molecule has 1 heterocycles. The molecule has 1 aromatic rings. The number of carbonyl (C=O) groups is 2. The molecule has 1 unspecified atom stereocenters.